The van der Waals surface area contributed by atoms with Gasteiger partial charge in [-0.2, -0.15) is 0 Å². The van der Waals surface area contributed by atoms with E-state index in [1.807, 2.05) is 6.92 Å². The average molecular weight is 206 g/mol. The Balaban J connectivity index is 2.88. The molecule has 2 N–H and O–H groups in total. The molecule has 0 amide bonds. The SMILES string of the molecule is CCN(C)c1ccc(CC(C)N)c(C)c1. The molecule has 0 aromatic heterocycles. The van der Waals surface area contributed by atoms with Crippen molar-refractivity contribution in [2.45, 2.75) is 33.2 Å². The van der Waals surface area contributed by atoms with Gasteiger partial charge in [0, 0.05) is 25.3 Å². The van der Waals surface area contributed by atoms with Crippen LogP contribution in [-0.2, 0) is 6.42 Å². The Morgan fingerprint density at radius 1 is 1.40 bits per heavy atom. The van der Waals surface area contributed by atoms with Gasteiger partial charge in [0.2, 0.25) is 0 Å². The zero-order valence-corrected chi connectivity index (χ0v) is 10.2. The molecule has 0 radical (unpaired) electrons. The molecule has 0 spiro atoms. The lowest BCUT2D eigenvalue weighted by Crippen LogP contribution is -2.19. The Morgan fingerprint density at radius 3 is 2.53 bits per heavy atom. The molecule has 0 aliphatic heterocycles. The predicted octanol–water partition coefficient (Wildman–Crippen LogP) is 2.34. The number of nitrogens with two attached hydrogens (primary N) is 1. The number of benzene rings is 1. The topological polar surface area (TPSA) is 29.3 Å². The highest BCUT2D eigenvalue weighted by molar-refractivity contribution is 5.50. The van der Waals surface area contributed by atoms with Crippen LogP contribution >= 0.6 is 0 Å². The maximum atomic E-state index is 5.81. The standard InChI is InChI=1S/C13H22N2/c1-5-15(4)13-7-6-12(9-11(3)14)10(2)8-13/h6-8,11H,5,9,14H2,1-4H3. The third-order valence-electron chi connectivity index (χ3n) is 2.78. The molecular weight excluding hydrogens is 184 g/mol. The lowest BCUT2D eigenvalue weighted by molar-refractivity contribution is 0.734. The number of aryl methyl sites for hydroxylation is 1. The van der Waals surface area contributed by atoms with Crippen molar-refractivity contribution in [1.82, 2.24) is 0 Å². The van der Waals surface area contributed by atoms with Gasteiger partial charge in [0.15, 0.2) is 0 Å². The van der Waals surface area contributed by atoms with Crippen LogP contribution in [0.5, 0.6) is 0 Å². The summed E-state index contributed by atoms with van der Waals surface area (Å²) in [6.45, 7) is 7.40. The zero-order valence-electron chi connectivity index (χ0n) is 10.2. The Bertz CT molecular complexity index is 318. The average Bonchev–Trinajstić information content (AvgIpc) is 2.19. The van der Waals surface area contributed by atoms with E-state index >= 15 is 0 Å². The van der Waals surface area contributed by atoms with Crippen LogP contribution in [0.4, 0.5) is 5.69 Å². The molecule has 1 aromatic rings. The Hall–Kier alpha value is -1.02. The first kappa shape index (κ1) is 12.1. The minimum atomic E-state index is 0.235. The van der Waals surface area contributed by atoms with Crippen LogP contribution in [-0.4, -0.2) is 19.6 Å². The predicted molar refractivity (Wildman–Crippen MR) is 67.5 cm³/mol. The molecular formula is C13H22N2. The second-order valence-corrected chi connectivity index (χ2v) is 4.31. The van der Waals surface area contributed by atoms with E-state index in [1.54, 1.807) is 0 Å². The lowest BCUT2D eigenvalue weighted by atomic mass is 10.0. The molecule has 0 saturated carbocycles. The van der Waals surface area contributed by atoms with Crippen molar-refractivity contribution in [2.24, 2.45) is 5.73 Å². The van der Waals surface area contributed by atoms with E-state index in [1.165, 1.54) is 16.8 Å². The van der Waals surface area contributed by atoms with Gasteiger partial charge in [-0.25, -0.2) is 0 Å². The summed E-state index contributed by atoms with van der Waals surface area (Å²) in [6.07, 6.45) is 0.960. The molecule has 1 rings (SSSR count). The van der Waals surface area contributed by atoms with Gasteiger partial charge in [0.1, 0.15) is 0 Å². The van der Waals surface area contributed by atoms with Crippen molar-refractivity contribution in [3.8, 4) is 0 Å². The van der Waals surface area contributed by atoms with Crippen LogP contribution in [0.2, 0.25) is 0 Å². The van der Waals surface area contributed by atoms with Crippen molar-refractivity contribution in [3.05, 3.63) is 29.3 Å². The summed E-state index contributed by atoms with van der Waals surface area (Å²) in [6, 6.07) is 6.84. The van der Waals surface area contributed by atoms with E-state index < -0.39 is 0 Å². The van der Waals surface area contributed by atoms with E-state index in [2.05, 4.69) is 44.0 Å². The van der Waals surface area contributed by atoms with Gasteiger partial charge in [-0.05, 0) is 50.5 Å². The number of hydrogen-bond donors (Lipinski definition) is 1. The van der Waals surface area contributed by atoms with Crippen LogP contribution in [0.15, 0.2) is 18.2 Å². The molecule has 0 aliphatic rings. The number of anilines is 1. The van der Waals surface area contributed by atoms with Gasteiger partial charge >= 0.3 is 0 Å². The first-order valence-corrected chi connectivity index (χ1v) is 5.60. The normalized spacial score (nSPS) is 12.6. The van der Waals surface area contributed by atoms with Crippen molar-refractivity contribution in [3.63, 3.8) is 0 Å². The molecule has 1 aromatic carbocycles. The van der Waals surface area contributed by atoms with Crippen LogP contribution < -0.4 is 10.6 Å². The van der Waals surface area contributed by atoms with Crippen LogP contribution in [0.1, 0.15) is 25.0 Å². The summed E-state index contributed by atoms with van der Waals surface area (Å²) in [5.41, 5.74) is 9.79. The summed E-state index contributed by atoms with van der Waals surface area (Å²) >= 11 is 0. The highest BCUT2D eigenvalue weighted by Gasteiger charge is 2.04. The van der Waals surface area contributed by atoms with Crippen molar-refractivity contribution < 1.29 is 0 Å². The van der Waals surface area contributed by atoms with E-state index in [0.717, 1.165) is 13.0 Å². The second-order valence-electron chi connectivity index (χ2n) is 4.31. The fourth-order valence-electron chi connectivity index (χ4n) is 1.68. The highest BCUT2D eigenvalue weighted by atomic mass is 15.1. The number of nitrogens with zero attached hydrogens (tertiary/aromatic N) is 1. The largest absolute Gasteiger partial charge is 0.375 e. The molecule has 0 saturated heterocycles. The van der Waals surface area contributed by atoms with Gasteiger partial charge < -0.3 is 10.6 Å². The van der Waals surface area contributed by atoms with Gasteiger partial charge in [0.05, 0.1) is 0 Å². The Labute approximate surface area is 93.1 Å². The fourth-order valence-corrected chi connectivity index (χ4v) is 1.68. The van der Waals surface area contributed by atoms with Gasteiger partial charge in [-0.1, -0.05) is 6.07 Å². The second kappa shape index (κ2) is 5.17. The number of rotatable bonds is 4. The molecule has 0 bridgehead atoms. The van der Waals surface area contributed by atoms with Crippen LogP contribution in [0.25, 0.3) is 0 Å². The van der Waals surface area contributed by atoms with E-state index in [-0.39, 0.29) is 6.04 Å². The summed E-state index contributed by atoms with van der Waals surface area (Å²) in [7, 11) is 2.11. The van der Waals surface area contributed by atoms with Gasteiger partial charge in [-0.3, -0.25) is 0 Å². The molecule has 0 aliphatic carbocycles. The first-order valence-electron chi connectivity index (χ1n) is 5.60. The minimum absolute atomic E-state index is 0.235. The molecule has 2 nitrogen and oxygen atoms in total. The fraction of sp³-hybridized carbons (Fsp3) is 0.538. The minimum Gasteiger partial charge on any atom is -0.375 e. The van der Waals surface area contributed by atoms with Crippen LogP contribution in [0.3, 0.4) is 0 Å². The molecule has 0 heterocycles. The van der Waals surface area contributed by atoms with Crippen molar-refractivity contribution >= 4 is 5.69 Å². The van der Waals surface area contributed by atoms with Crippen molar-refractivity contribution in [1.29, 1.82) is 0 Å². The summed E-state index contributed by atoms with van der Waals surface area (Å²) in [4.78, 5) is 2.24. The van der Waals surface area contributed by atoms with Gasteiger partial charge in [-0.15, -0.1) is 0 Å². The first-order chi connectivity index (χ1) is 7.04. The third-order valence-corrected chi connectivity index (χ3v) is 2.78. The monoisotopic (exact) mass is 206 g/mol. The molecule has 1 atom stereocenters. The van der Waals surface area contributed by atoms with Gasteiger partial charge in [0.25, 0.3) is 0 Å². The summed E-state index contributed by atoms with van der Waals surface area (Å²) in [5, 5.41) is 0. The third kappa shape index (κ3) is 3.24. The summed E-state index contributed by atoms with van der Waals surface area (Å²) in [5.74, 6) is 0. The Morgan fingerprint density at radius 2 is 2.07 bits per heavy atom. The van der Waals surface area contributed by atoms with E-state index in [9.17, 15) is 0 Å². The summed E-state index contributed by atoms with van der Waals surface area (Å²) < 4.78 is 0. The van der Waals surface area contributed by atoms with Crippen LogP contribution in [0, 0.1) is 6.92 Å². The highest BCUT2D eigenvalue weighted by Crippen LogP contribution is 2.18. The number of hydrogen-bond acceptors (Lipinski definition) is 2. The van der Waals surface area contributed by atoms with E-state index in [0.29, 0.717) is 0 Å². The Kier molecular flexibility index (Phi) is 4.15. The smallest absolute Gasteiger partial charge is 0.0366 e. The molecule has 1 unspecified atom stereocenters. The van der Waals surface area contributed by atoms with Crippen molar-refractivity contribution in [2.75, 3.05) is 18.5 Å². The molecule has 84 valence electrons. The maximum Gasteiger partial charge on any atom is 0.0366 e. The maximum absolute atomic E-state index is 5.81. The molecule has 15 heavy (non-hydrogen) atoms. The quantitative estimate of drug-likeness (QED) is 0.819. The van der Waals surface area contributed by atoms with E-state index in [4.69, 9.17) is 5.73 Å². The molecule has 2 heteroatoms. The lowest BCUT2D eigenvalue weighted by Gasteiger charge is -2.19. The zero-order chi connectivity index (χ0) is 11.4. The molecule has 0 fully saturated rings.